The summed E-state index contributed by atoms with van der Waals surface area (Å²) >= 11 is 7.58. The molecule has 0 aliphatic carbocycles. The van der Waals surface area contributed by atoms with Gasteiger partial charge < -0.3 is 25.7 Å². The van der Waals surface area contributed by atoms with Gasteiger partial charge in [-0.25, -0.2) is 4.98 Å². The molecule has 3 atom stereocenters. The van der Waals surface area contributed by atoms with E-state index < -0.39 is 22.4 Å². The molecule has 3 N–H and O–H groups in total. The second-order valence-corrected chi connectivity index (χ2v) is 9.59. The second kappa shape index (κ2) is 10.8. The fourth-order valence-corrected chi connectivity index (χ4v) is 5.98. The van der Waals surface area contributed by atoms with Gasteiger partial charge in [-0.3, -0.25) is 14.5 Å². The van der Waals surface area contributed by atoms with E-state index in [1.807, 2.05) is 0 Å². The van der Waals surface area contributed by atoms with Crippen molar-refractivity contribution in [1.29, 1.82) is 0 Å². The number of nitrogens with one attached hydrogen (secondary N) is 1. The van der Waals surface area contributed by atoms with Crippen molar-refractivity contribution in [3.63, 3.8) is 0 Å². The van der Waals surface area contributed by atoms with Crippen LogP contribution in [0.2, 0.25) is 0 Å². The van der Waals surface area contributed by atoms with Crippen LogP contribution in [0.25, 0.3) is 0 Å². The average molecular weight is 506 g/mol. The van der Waals surface area contributed by atoms with E-state index in [0.717, 1.165) is 23.3 Å². The normalized spacial score (nSPS) is 25.0. The third-order valence-electron chi connectivity index (χ3n) is 5.25. The Bertz CT molecular complexity index is 978. The number of amides is 2. The zero-order chi connectivity index (χ0) is 22.1. The summed E-state index contributed by atoms with van der Waals surface area (Å²) < 4.78 is 5.42. The number of hydrogen-bond donors (Lipinski definition) is 2. The van der Waals surface area contributed by atoms with Crippen LogP contribution in [-0.4, -0.2) is 70.0 Å². The molecule has 0 bridgehead atoms. The summed E-state index contributed by atoms with van der Waals surface area (Å²) in [5.41, 5.74) is 6.95. The first-order chi connectivity index (χ1) is 14.9. The molecule has 0 aromatic carbocycles. The van der Waals surface area contributed by atoms with E-state index in [2.05, 4.69) is 15.5 Å². The van der Waals surface area contributed by atoms with E-state index >= 15 is 0 Å². The van der Waals surface area contributed by atoms with Crippen molar-refractivity contribution in [2.75, 3.05) is 31.8 Å². The molecule has 0 saturated carbocycles. The number of oxime groups is 1. The zero-order valence-electron chi connectivity index (χ0n) is 17.5. The molecule has 0 spiro atoms. The molecule has 2 saturated heterocycles. The Hall–Kier alpha value is -1.22. The van der Waals surface area contributed by atoms with Crippen LogP contribution in [0, 0.1) is 5.92 Å². The molecule has 3 aliphatic rings. The van der Waals surface area contributed by atoms with Gasteiger partial charge in [-0.1, -0.05) is 17.4 Å². The Labute approximate surface area is 220 Å². The second-order valence-electron chi connectivity index (χ2n) is 7.23. The number of fused-ring (bicyclic) bond motifs is 1. The minimum atomic E-state index is -0.809. The van der Waals surface area contributed by atoms with Gasteiger partial charge in [0.25, 0.3) is 11.8 Å². The number of rotatable bonds is 7. The quantitative estimate of drug-likeness (QED) is 0.129. The zero-order valence-corrected chi connectivity index (χ0v) is 22.0. The molecule has 2 amide bonds. The number of nitrogens with two attached hydrogens (primary N) is 1. The summed E-state index contributed by atoms with van der Waals surface area (Å²) in [5.74, 6) is -0.110. The summed E-state index contributed by atoms with van der Waals surface area (Å²) in [5, 5.41) is 19.5. The van der Waals surface area contributed by atoms with Crippen molar-refractivity contribution < 1.29 is 53.8 Å². The number of ether oxygens (including phenoxy) is 1. The molecule has 0 radical (unpaired) electrons. The van der Waals surface area contributed by atoms with E-state index in [1.54, 1.807) is 5.38 Å². The van der Waals surface area contributed by atoms with E-state index in [9.17, 15) is 14.7 Å². The van der Waals surface area contributed by atoms with Crippen LogP contribution in [0.1, 0.15) is 18.5 Å². The van der Waals surface area contributed by atoms with Crippen molar-refractivity contribution in [2.24, 2.45) is 11.1 Å². The number of β-lactam (4-membered cyclic amide) rings is 1. The van der Waals surface area contributed by atoms with E-state index in [1.165, 1.54) is 23.8 Å². The Kier molecular flexibility index (Phi) is 8.58. The maximum atomic E-state index is 12.9. The largest absolute Gasteiger partial charge is 1.00 e. The molecule has 32 heavy (non-hydrogen) atoms. The number of anilines is 1. The minimum Gasteiger partial charge on any atom is -0.863 e. The SMILES string of the molecule is CO/N=C(/C(=O)NC1C(=O)N2C(C([O-])=S)=C(CC3CCOC3)CS[C@H]12)c1csc(N)n1.[Na+]. The molecule has 2 fully saturated rings. The molecule has 14 heteroatoms. The summed E-state index contributed by atoms with van der Waals surface area (Å²) in [7, 11) is 1.30. The van der Waals surface area contributed by atoms with Gasteiger partial charge in [0, 0.05) is 30.0 Å². The van der Waals surface area contributed by atoms with E-state index in [-0.39, 0.29) is 57.7 Å². The van der Waals surface area contributed by atoms with Crippen LogP contribution >= 0.6 is 35.3 Å². The molecule has 1 aromatic heterocycles. The van der Waals surface area contributed by atoms with Gasteiger partial charge in [0.1, 0.15) is 24.2 Å². The molecular weight excluding hydrogens is 485 g/mol. The Morgan fingerprint density at radius 1 is 1.56 bits per heavy atom. The number of aromatic nitrogens is 1. The van der Waals surface area contributed by atoms with Gasteiger partial charge in [0.15, 0.2) is 10.8 Å². The monoisotopic (exact) mass is 505 g/mol. The number of nitrogen functional groups attached to an aromatic ring is 1. The van der Waals surface area contributed by atoms with Crippen molar-refractivity contribution in [3.8, 4) is 0 Å². The Morgan fingerprint density at radius 2 is 2.34 bits per heavy atom. The van der Waals surface area contributed by atoms with Crippen molar-refractivity contribution in [2.45, 2.75) is 24.3 Å². The summed E-state index contributed by atoms with van der Waals surface area (Å²) in [6.45, 7) is 1.35. The number of nitrogens with zero attached hydrogens (tertiary/aromatic N) is 3. The Balaban J connectivity index is 0.00000289. The topological polar surface area (TPSA) is 142 Å². The molecular formula is C18H20N5NaO5S3. The minimum absolute atomic E-state index is 0. The summed E-state index contributed by atoms with van der Waals surface area (Å²) in [6, 6.07) is -0.809. The smallest absolute Gasteiger partial charge is 0.863 e. The van der Waals surface area contributed by atoms with Crippen LogP contribution in [0.3, 0.4) is 0 Å². The molecule has 3 aliphatic heterocycles. The number of hydrogen-bond acceptors (Lipinski definition) is 11. The molecule has 10 nitrogen and oxygen atoms in total. The van der Waals surface area contributed by atoms with Crippen LogP contribution in [0.4, 0.5) is 5.13 Å². The van der Waals surface area contributed by atoms with E-state index in [4.69, 9.17) is 27.5 Å². The average Bonchev–Trinajstić information content (AvgIpc) is 3.41. The standard InChI is InChI=1S/C18H21N5O5S3.Na/c1-27-22-11(10-7-31-18(19)20-10)14(24)21-12-15(25)23-13(17(26)29)9(6-30-16(12)23)4-8-2-3-28-5-8;/h7-8,12,16H,2-6H2,1H3,(H2,19,20)(H,21,24)(H,26,29);/q;+1/p-1/b22-11+;/t8?,12?,16-;/m1./s1. The third-order valence-corrected chi connectivity index (χ3v) is 7.46. The van der Waals surface area contributed by atoms with Crippen LogP contribution < -0.4 is 45.7 Å². The molecule has 2 unspecified atom stereocenters. The first-order valence-corrected chi connectivity index (χ1v) is 11.8. The van der Waals surface area contributed by atoms with Crippen molar-refractivity contribution in [3.05, 3.63) is 22.3 Å². The van der Waals surface area contributed by atoms with E-state index in [0.29, 0.717) is 31.3 Å². The van der Waals surface area contributed by atoms with Crippen LogP contribution in [-0.2, 0) is 19.2 Å². The van der Waals surface area contributed by atoms with Crippen LogP contribution in [0.5, 0.6) is 0 Å². The number of thiazole rings is 1. The third kappa shape index (κ3) is 4.98. The van der Waals surface area contributed by atoms with Gasteiger partial charge in [0.2, 0.25) is 0 Å². The fourth-order valence-electron chi connectivity index (χ4n) is 3.82. The maximum Gasteiger partial charge on any atom is 1.00 e. The first kappa shape index (κ1) is 25.4. The summed E-state index contributed by atoms with van der Waals surface area (Å²) in [6.07, 6.45) is 1.60. The predicted molar refractivity (Wildman–Crippen MR) is 118 cm³/mol. The predicted octanol–water partition coefficient (Wildman–Crippen LogP) is -3.15. The van der Waals surface area contributed by atoms with Gasteiger partial charge in [-0.2, -0.15) is 0 Å². The molecule has 4 rings (SSSR count). The first-order valence-electron chi connectivity index (χ1n) is 9.49. The molecule has 1 aromatic rings. The van der Waals surface area contributed by atoms with Gasteiger partial charge in [-0.05, 0) is 29.4 Å². The summed E-state index contributed by atoms with van der Waals surface area (Å²) in [4.78, 5) is 35.9. The molecule has 4 heterocycles. The van der Waals surface area contributed by atoms with Crippen LogP contribution in [0.15, 0.2) is 21.8 Å². The Morgan fingerprint density at radius 3 is 2.94 bits per heavy atom. The van der Waals surface area contributed by atoms with Crippen molar-refractivity contribution in [1.82, 2.24) is 15.2 Å². The van der Waals surface area contributed by atoms with Gasteiger partial charge in [0.05, 0.1) is 0 Å². The van der Waals surface area contributed by atoms with Gasteiger partial charge >= 0.3 is 29.6 Å². The van der Waals surface area contributed by atoms with Crippen molar-refractivity contribution >= 4 is 63.0 Å². The number of thiocarbonyl (C=S) groups is 1. The number of carbonyl (C=O) groups excluding carboxylic acids is 2. The number of thioether (sulfide) groups is 1. The fraction of sp³-hybridized carbons (Fsp3) is 0.500. The number of carbonyl (C=O) groups is 2. The van der Waals surface area contributed by atoms with Gasteiger partial charge in [-0.15, -0.1) is 23.1 Å². The molecule has 166 valence electrons. The maximum absolute atomic E-state index is 12.9.